The Bertz CT molecular complexity index is 1190. The topological polar surface area (TPSA) is 91.3 Å². The minimum atomic E-state index is -3.25. The lowest BCUT2D eigenvalue weighted by Crippen LogP contribution is -2.48. The number of pyridine rings is 1. The van der Waals surface area contributed by atoms with Gasteiger partial charge in [-0.15, -0.1) is 0 Å². The minimum Gasteiger partial charge on any atom is -0.363 e. The number of piperidine rings is 1. The van der Waals surface area contributed by atoms with E-state index in [-0.39, 0.29) is 12.1 Å². The molecule has 2 aromatic rings. The average Bonchev–Trinajstić information content (AvgIpc) is 3.19. The molecule has 32 heavy (non-hydrogen) atoms. The number of nitrogens with one attached hydrogen (secondary N) is 1. The molecule has 2 atom stereocenters. The van der Waals surface area contributed by atoms with Crippen LogP contribution in [0.5, 0.6) is 0 Å². The molecule has 8 nitrogen and oxygen atoms in total. The molecular formula is C22H27ClN6O2S. The van der Waals surface area contributed by atoms with Crippen LogP contribution in [0.25, 0.3) is 6.08 Å². The molecular weight excluding hydrogens is 448 g/mol. The normalized spacial score (nSPS) is 22.7. The number of hydrogen-bond donors (Lipinski definition) is 1. The smallest absolute Gasteiger partial charge is 0.209 e. The van der Waals surface area contributed by atoms with Gasteiger partial charge in [-0.25, -0.2) is 28.1 Å². The molecule has 0 bridgehead atoms. The van der Waals surface area contributed by atoms with Crippen LogP contribution in [0.15, 0.2) is 18.5 Å². The zero-order chi connectivity index (χ0) is 22.5. The molecule has 1 saturated heterocycles. The van der Waals surface area contributed by atoms with Gasteiger partial charge in [0.15, 0.2) is 0 Å². The van der Waals surface area contributed by atoms with Gasteiger partial charge in [0.1, 0.15) is 17.3 Å². The molecule has 0 saturated carbocycles. The summed E-state index contributed by atoms with van der Waals surface area (Å²) in [7, 11) is -3.25. The number of rotatable bonds is 4. The van der Waals surface area contributed by atoms with Gasteiger partial charge in [0.25, 0.3) is 0 Å². The largest absolute Gasteiger partial charge is 0.363 e. The third kappa shape index (κ3) is 4.21. The van der Waals surface area contributed by atoms with E-state index in [9.17, 15) is 8.42 Å². The number of nitrogens with zero attached hydrogens (tertiary/aromatic N) is 5. The summed E-state index contributed by atoms with van der Waals surface area (Å²) in [6.45, 7) is 4.33. The Morgan fingerprint density at radius 2 is 2.09 bits per heavy atom. The number of hydrogen-bond acceptors (Lipinski definition) is 7. The van der Waals surface area contributed by atoms with E-state index in [4.69, 9.17) is 11.6 Å². The molecule has 0 unspecified atom stereocenters. The van der Waals surface area contributed by atoms with Crippen molar-refractivity contribution in [3.05, 3.63) is 46.1 Å². The second-order valence-corrected chi connectivity index (χ2v) is 11.1. The first kappa shape index (κ1) is 21.6. The quantitative estimate of drug-likeness (QED) is 0.681. The maximum absolute atomic E-state index is 11.7. The summed E-state index contributed by atoms with van der Waals surface area (Å²) in [4.78, 5) is 18.3. The number of halogens is 1. The molecule has 0 aromatic carbocycles. The van der Waals surface area contributed by atoms with Gasteiger partial charge in [0, 0.05) is 61.4 Å². The van der Waals surface area contributed by atoms with Crippen molar-refractivity contribution in [2.45, 2.75) is 51.2 Å². The monoisotopic (exact) mass is 474 g/mol. The van der Waals surface area contributed by atoms with Crippen LogP contribution in [0.1, 0.15) is 42.3 Å². The minimum absolute atomic E-state index is 0.115. The number of anilines is 2. The Kier molecular flexibility index (Phi) is 5.59. The Morgan fingerprint density at radius 1 is 1.25 bits per heavy atom. The van der Waals surface area contributed by atoms with Crippen LogP contribution >= 0.6 is 11.6 Å². The molecule has 0 radical (unpaired) electrons. The molecule has 3 aliphatic rings. The summed E-state index contributed by atoms with van der Waals surface area (Å²) in [5.74, 6) is 0.902. The van der Waals surface area contributed by atoms with E-state index < -0.39 is 10.0 Å². The van der Waals surface area contributed by atoms with E-state index in [1.807, 2.05) is 6.07 Å². The molecule has 4 heterocycles. The molecule has 10 heteroatoms. The van der Waals surface area contributed by atoms with Crippen LogP contribution in [-0.2, 0) is 29.4 Å². The maximum Gasteiger partial charge on any atom is 0.209 e. The fourth-order valence-electron chi connectivity index (χ4n) is 5.08. The summed E-state index contributed by atoms with van der Waals surface area (Å²) in [6.07, 6.45) is 10.4. The molecule has 1 N–H and O–H groups in total. The lowest BCUT2D eigenvalue weighted by atomic mass is 9.97. The van der Waals surface area contributed by atoms with Gasteiger partial charge in [-0.3, -0.25) is 0 Å². The van der Waals surface area contributed by atoms with Crippen LogP contribution in [0.3, 0.4) is 0 Å². The summed E-state index contributed by atoms with van der Waals surface area (Å²) >= 11 is 6.36. The van der Waals surface area contributed by atoms with E-state index in [0.717, 1.165) is 66.2 Å². The SMILES string of the molecule is C[C@@H]1Cc2ncnc(N3CCC[C@@H](NS(C)(=O)=O)C3)c2CN1c1cc(Cl)nc2c1C=CC2. The standard InChI is InChI=1S/C22H27ClN6O2S/c1-14-9-19-17(12-29(14)20-10-21(23)26-18-7-3-6-16(18)20)22(25-13-24-19)28-8-4-5-15(11-28)27-32(2,30)31/h3,6,10,13-15,27H,4-5,7-9,11-12H2,1-2H3/t14-,15-/m1/s1. The second-order valence-electron chi connectivity index (χ2n) is 8.91. The molecule has 2 aromatic heterocycles. The molecule has 0 spiro atoms. The van der Waals surface area contributed by atoms with Gasteiger partial charge in [-0.2, -0.15) is 0 Å². The van der Waals surface area contributed by atoms with Gasteiger partial charge in [-0.1, -0.05) is 23.8 Å². The third-order valence-electron chi connectivity index (χ3n) is 6.45. The van der Waals surface area contributed by atoms with E-state index in [1.54, 1.807) is 6.33 Å². The first-order valence-corrected chi connectivity index (χ1v) is 13.2. The van der Waals surface area contributed by atoms with E-state index in [1.165, 1.54) is 6.26 Å². The first-order chi connectivity index (χ1) is 15.3. The van der Waals surface area contributed by atoms with Crippen molar-refractivity contribution >= 4 is 39.2 Å². The maximum atomic E-state index is 11.7. The molecule has 0 amide bonds. The zero-order valence-electron chi connectivity index (χ0n) is 18.3. The van der Waals surface area contributed by atoms with Gasteiger partial charge >= 0.3 is 0 Å². The molecule has 1 aliphatic carbocycles. The number of fused-ring (bicyclic) bond motifs is 2. The van der Waals surface area contributed by atoms with Crippen LogP contribution < -0.4 is 14.5 Å². The second kappa shape index (κ2) is 8.28. The van der Waals surface area contributed by atoms with Gasteiger partial charge in [0.2, 0.25) is 10.0 Å². The van der Waals surface area contributed by atoms with Crippen molar-refractivity contribution in [3.63, 3.8) is 0 Å². The number of allylic oxidation sites excluding steroid dienone is 1. The Hall–Kier alpha value is -2.23. The Morgan fingerprint density at radius 3 is 2.91 bits per heavy atom. The van der Waals surface area contributed by atoms with E-state index in [2.05, 4.69) is 48.5 Å². The fourth-order valence-corrected chi connectivity index (χ4v) is 6.08. The lowest BCUT2D eigenvalue weighted by molar-refractivity contribution is 0.463. The lowest BCUT2D eigenvalue weighted by Gasteiger charge is -2.40. The van der Waals surface area contributed by atoms with Crippen LogP contribution in [0.4, 0.5) is 11.5 Å². The van der Waals surface area contributed by atoms with Gasteiger partial charge < -0.3 is 9.80 Å². The van der Waals surface area contributed by atoms with Crippen molar-refractivity contribution < 1.29 is 8.42 Å². The van der Waals surface area contributed by atoms with Crippen LogP contribution in [0.2, 0.25) is 5.15 Å². The molecule has 2 aliphatic heterocycles. The van der Waals surface area contributed by atoms with Crippen molar-refractivity contribution in [1.29, 1.82) is 0 Å². The number of sulfonamides is 1. The van der Waals surface area contributed by atoms with Crippen molar-refractivity contribution in [2.24, 2.45) is 0 Å². The highest BCUT2D eigenvalue weighted by Crippen LogP contribution is 2.38. The van der Waals surface area contributed by atoms with Crippen LogP contribution in [-0.4, -0.2) is 54.8 Å². The predicted octanol–water partition coefficient (Wildman–Crippen LogP) is 2.56. The Labute approximate surface area is 193 Å². The zero-order valence-corrected chi connectivity index (χ0v) is 19.8. The van der Waals surface area contributed by atoms with Crippen LogP contribution in [0, 0.1) is 0 Å². The van der Waals surface area contributed by atoms with E-state index >= 15 is 0 Å². The Balaban J connectivity index is 1.48. The average molecular weight is 475 g/mol. The highest BCUT2D eigenvalue weighted by atomic mass is 35.5. The summed E-state index contributed by atoms with van der Waals surface area (Å²) < 4.78 is 26.3. The summed E-state index contributed by atoms with van der Waals surface area (Å²) in [6, 6.07) is 2.09. The summed E-state index contributed by atoms with van der Waals surface area (Å²) in [5.41, 5.74) is 5.41. The number of aromatic nitrogens is 3. The van der Waals surface area contributed by atoms with E-state index in [0.29, 0.717) is 18.2 Å². The summed E-state index contributed by atoms with van der Waals surface area (Å²) in [5, 5.41) is 0.510. The van der Waals surface area contributed by atoms with Gasteiger partial charge in [-0.05, 0) is 25.8 Å². The molecule has 170 valence electrons. The molecule has 5 rings (SSSR count). The van der Waals surface area contributed by atoms with Gasteiger partial charge in [0.05, 0.1) is 17.6 Å². The van der Waals surface area contributed by atoms with Crippen molar-refractivity contribution in [2.75, 3.05) is 29.1 Å². The molecule has 1 fully saturated rings. The fraction of sp³-hybridized carbons (Fsp3) is 0.500. The third-order valence-corrected chi connectivity index (χ3v) is 7.41. The van der Waals surface area contributed by atoms with Crippen molar-refractivity contribution in [1.82, 2.24) is 19.7 Å². The highest BCUT2D eigenvalue weighted by molar-refractivity contribution is 7.88. The highest BCUT2D eigenvalue weighted by Gasteiger charge is 2.32. The predicted molar refractivity (Wildman–Crippen MR) is 127 cm³/mol. The first-order valence-electron chi connectivity index (χ1n) is 11.0. The van der Waals surface area contributed by atoms with Crippen molar-refractivity contribution in [3.8, 4) is 0 Å².